The van der Waals surface area contributed by atoms with E-state index in [4.69, 9.17) is 11.6 Å². The maximum atomic E-state index is 5.85. The molecule has 0 radical (unpaired) electrons. The second kappa shape index (κ2) is 5.38. The van der Waals surface area contributed by atoms with E-state index in [0.29, 0.717) is 6.04 Å². The van der Waals surface area contributed by atoms with Gasteiger partial charge in [0.2, 0.25) is 0 Å². The van der Waals surface area contributed by atoms with E-state index in [9.17, 15) is 0 Å². The first-order chi connectivity index (χ1) is 6.69. The molecule has 0 aliphatic heterocycles. The molecular formula is C12H18ClN. The van der Waals surface area contributed by atoms with Crippen LogP contribution < -0.4 is 0 Å². The minimum Gasteiger partial charge on any atom is -0.297 e. The Kier molecular flexibility index (Phi) is 4.43. The minimum absolute atomic E-state index is 0.474. The molecule has 0 aliphatic rings. The predicted octanol–water partition coefficient (Wildman–Crippen LogP) is 3.74. The number of rotatable bonds is 4. The Morgan fingerprint density at radius 3 is 2.07 bits per heavy atom. The van der Waals surface area contributed by atoms with Crippen molar-refractivity contribution in [3.8, 4) is 0 Å². The fourth-order valence-electron chi connectivity index (χ4n) is 1.72. The quantitative estimate of drug-likeness (QED) is 0.734. The molecule has 2 heteroatoms. The summed E-state index contributed by atoms with van der Waals surface area (Å²) in [6.07, 6.45) is 0. The number of benzene rings is 1. The van der Waals surface area contributed by atoms with Crippen molar-refractivity contribution in [1.82, 2.24) is 4.90 Å². The SMILES string of the molecule is CCN(CC)C(C)c1ccc(Cl)cc1. The van der Waals surface area contributed by atoms with Gasteiger partial charge in [0.1, 0.15) is 0 Å². The van der Waals surface area contributed by atoms with E-state index in [1.54, 1.807) is 0 Å². The summed E-state index contributed by atoms with van der Waals surface area (Å²) < 4.78 is 0. The molecule has 78 valence electrons. The summed E-state index contributed by atoms with van der Waals surface area (Å²) in [7, 11) is 0. The fourth-order valence-corrected chi connectivity index (χ4v) is 1.85. The first-order valence-electron chi connectivity index (χ1n) is 5.18. The molecule has 0 aliphatic carbocycles. The van der Waals surface area contributed by atoms with Gasteiger partial charge in [0.05, 0.1) is 0 Å². The van der Waals surface area contributed by atoms with Gasteiger partial charge >= 0.3 is 0 Å². The van der Waals surface area contributed by atoms with Crippen molar-refractivity contribution in [2.24, 2.45) is 0 Å². The van der Waals surface area contributed by atoms with Gasteiger partial charge in [0.25, 0.3) is 0 Å². The van der Waals surface area contributed by atoms with E-state index in [1.807, 2.05) is 12.1 Å². The molecule has 0 amide bonds. The van der Waals surface area contributed by atoms with Crippen LogP contribution in [0.25, 0.3) is 0 Å². The number of hydrogen-bond acceptors (Lipinski definition) is 1. The topological polar surface area (TPSA) is 3.24 Å². The molecule has 0 N–H and O–H groups in total. The molecule has 1 nitrogen and oxygen atoms in total. The Morgan fingerprint density at radius 2 is 1.64 bits per heavy atom. The molecular weight excluding hydrogens is 194 g/mol. The van der Waals surface area contributed by atoms with Gasteiger partial charge in [-0.05, 0) is 37.7 Å². The Morgan fingerprint density at radius 1 is 1.14 bits per heavy atom. The normalized spacial score (nSPS) is 13.2. The van der Waals surface area contributed by atoms with Crippen molar-refractivity contribution in [1.29, 1.82) is 0 Å². The lowest BCUT2D eigenvalue weighted by atomic mass is 10.1. The summed E-state index contributed by atoms with van der Waals surface area (Å²) in [6, 6.07) is 8.59. The molecule has 0 fully saturated rings. The maximum absolute atomic E-state index is 5.85. The van der Waals surface area contributed by atoms with Crippen LogP contribution in [-0.4, -0.2) is 18.0 Å². The maximum Gasteiger partial charge on any atom is 0.0406 e. The third-order valence-corrected chi connectivity index (χ3v) is 2.96. The molecule has 0 aromatic heterocycles. The smallest absolute Gasteiger partial charge is 0.0406 e. The van der Waals surface area contributed by atoms with Crippen LogP contribution >= 0.6 is 11.6 Å². The predicted molar refractivity (Wildman–Crippen MR) is 62.8 cm³/mol. The highest BCUT2D eigenvalue weighted by Crippen LogP contribution is 2.21. The highest BCUT2D eigenvalue weighted by Gasteiger charge is 2.11. The third-order valence-electron chi connectivity index (χ3n) is 2.71. The van der Waals surface area contributed by atoms with Crippen LogP contribution in [0, 0.1) is 0 Å². The van der Waals surface area contributed by atoms with E-state index in [1.165, 1.54) is 5.56 Å². The van der Waals surface area contributed by atoms with Crippen LogP contribution in [0.5, 0.6) is 0 Å². The second-order valence-electron chi connectivity index (χ2n) is 3.45. The van der Waals surface area contributed by atoms with Gasteiger partial charge in [0.15, 0.2) is 0 Å². The third kappa shape index (κ3) is 2.73. The molecule has 0 spiro atoms. The molecule has 1 aromatic rings. The van der Waals surface area contributed by atoms with Gasteiger partial charge in [-0.3, -0.25) is 4.90 Å². The zero-order valence-electron chi connectivity index (χ0n) is 9.13. The first kappa shape index (κ1) is 11.5. The van der Waals surface area contributed by atoms with Gasteiger partial charge in [-0.25, -0.2) is 0 Å². The van der Waals surface area contributed by atoms with Gasteiger partial charge in [-0.15, -0.1) is 0 Å². The van der Waals surface area contributed by atoms with Crippen LogP contribution in [0.15, 0.2) is 24.3 Å². The first-order valence-corrected chi connectivity index (χ1v) is 5.56. The molecule has 1 unspecified atom stereocenters. The zero-order valence-corrected chi connectivity index (χ0v) is 9.88. The Balaban J connectivity index is 2.77. The standard InChI is InChI=1S/C12H18ClN/c1-4-14(5-2)10(3)11-6-8-12(13)9-7-11/h6-10H,4-5H2,1-3H3. The van der Waals surface area contributed by atoms with Crippen LogP contribution in [0.2, 0.25) is 5.02 Å². The van der Waals surface area contributed by atoms with Crippen molar-refractivity contribution < 1.29 is 0 Å². The monoisotopic (exact) mass is 211 g/mol. The summed E-state index contributed by atoms with van der Waals surface area (Å²) in [4.78, 5) is 2.42. The minimum atomic E-state index is 0.474. The van der Waals surface area contributed by atoms with Crippen molar-refractivity contribution in [2.45, 2.75) is 26.8 Å². The van der Waals surface area contributed by atoms with Crippen LogP contribution in [0.3, 0.4) is 0 Å². The van der Waals surface area contributed by atoms with E-state index in [-0.39, 0.29) is 0 Å². The van der Waals surface area contributed by atoms with Crippen molar-refractivity contribution in [3.63, 3.8) is 0 Å². The zero-order chi connectivity index (χ0) is 10.6. The summed E-state index contributed by atoms with van der Waals surface area (Å²) in [6.45, 7) is 8.78. The lowest BCUT2D eigenvalue weighted by Gasteiger charge is -2.26. The van der Waals surface area contributed by atoms with Crippen LogP contribution in [0.4, 0.5) is 0 Å². The summed E-state index contributed by atoms with van der Waals surface area (Å²) in [5, 5.41) is 0.806. The van der Waals surface area contributed by atoms with Gasteiger partial charge < -0.3 is 0 Å². The van der Waals surface area contributed by atoms with E-state index in [0.717, 1.165) is 18.1 Å². The molecule has 0 saturated carbocycles. The Labute approximate surface area is 91.7 Å². The van der Waals surface area contributed by atoms with Crippen LogP contribution in [0.1, 0.15) is 32.4 Å². The Hall–Kier alpha value is -0.530. The molecule has 14 heavy (non-hydrogen) atoms. The number of hydrogen-bond donors (Lipinski definition) is 0. The second-order valence-corrected chi connectivity index (χ2v) is 3.89. The highest BCUT2D eigenvalue weighted by molar-refractivity contribution is 6.30. The molecule has 1 aromatic carbocycles. The van der Waals surface area contributed by atoms with Crippen LogP contribution in [-0.2, 0) is 0 Å². The summed E-state index contributed by atoms with van der Waals surface area (Å²) >= 11 is 5.85. The lowest BCUT2D eigenvalue weighted by Crippen LogP contribution is -2.26. The van der Waals surface area contributed by atoms with E-state index < -0.39 is 0 Å². The van der Waals surface area contributed by atoms with E-state index >= 15 is 0 Å². The molecule has 1 atom stereocenters. The molecule has 1 rings (SSSR count). The average Bonchev–Trinajstić information content (AvgIpc) is 2.20. The lowest BCUT2D eigenvalue weighted by molar-refractivity contribution is 0.234. The van der Waals surface area contributed by atoms with Gasteiger partial charge in [-0.2, -0.15) is 0 Å². The molecule has 0 bridgehead atoms. The summed E-state index contributed by atoms with van der Waals surface area (Å²) in [5.74, 6) is 0. The average molecular weight is 212 g/mol. The van der Waals surface area contributed by atoms with Crippen molar-refractivity contribution in [2.75, 3.05) is 13.1 Å². The number of halogens is 1. The van der Waals surface area contributed by atoms with Gasteiger partial charge in [0, 0.05) is 11.1 Å². The largest absolute Gasteiger partial charge is 0.297 e. The number of nitrogens with zero attached hydrogens (tertiary/aromatic N) is 1. The van der Waals surface area contributed by atoms with Crippen molar-refractivity contribution >= 4 is 11.6 Å². The fraction of sp³-hybridized carbons (Fsp3) is 0.500. The van der Waals surface area contributed by atoms with Gasteiger partial charge in [-0.1, -0.05) is 37.6 Å². The van der Waals surface area contributed by atoms with E-state index in [2.05, 4.69) is 37.8 Å². The Bertz CT molecular complexity index is 264. The highest BCUT2D eigenvalue weighted by atomic mass is 35.5. The molecule has 0 saturated heterocycles. The summed E-state index contributed by atoms with van der Waals surface area (Å²) in [5.41, 5.74) is 1.33. The van der Waals surface area contributed by atoms with Crippen molar-refractivity contribution in [3.05, 3.63) is 34.9 Å². The molecule has 0 heterocycles.